The predicted octanol–water partition coefficient (Wildman–Crippen LogP) is 14.2. The van der Waals surface area contributed by atoms with Crippen LogP contribution in [0.25, 0.3) is 110 Å². The third-order valence-electron chi connectivity index (χ3n) is 16.1. The van der Waals surface area contributed by atoms with Crippen LogP contribution in [0.1, 0.15) is 0 Å². The summed E-state index contributed by atoms with van der Waals surface area (Å²) in [6, 6.07) is 102. The molecule has 0 bridgehead atoms. The number of nitrogens with zero attached hydrogens (tertiary/aromatic N) is 6. The highest BCUT2D eigenvalue weighted by molar-refractivity contribution is 7.20. The van der Waals surface area contributed by atoms with E-state index >= 15 is 0 Å². The van der Waals surface area contributed by atoms with Gasteiger partial charge in [-0.3, -0.25) is 13.7 Å². The van der Waals surface area contributed by atoms with E-state index in [4.69, 9.17) is 9.97 Å². The van der Waals surface area contributed by atoms with Crippen molar-refractivity contribution >= 4 is 116 Å². The van der Waals surface area contributed by atoms with Gasteiger partial charge in [-0.1, -0.05) is 212 Å². The molecule has 0 aliphatic heterocycles. The van der Waals surface area contributed by atoms with Crippen LogP contribution in [0.5, 0.6) is 0 Å². The van der Waals surface area contributed by atoms with E-state index in [1.54, 1.807) is 0 Å². The number of para-hydroxylation sites is 6. The minimum absolute atomic E-state index is 0.585. The summed E-state index contributed by atoms with van der Waals surface area (Å²) in [4.78, 5) is 11.5. The Bertz CT molecular complexity index is 4790. The Kier molecular flexibility index (Phi) is 9.55. The molecule has 0 aliphatic rings. The van der Waals surface area contributed by atoms with Crippen molar-refractivity contribution in [3.05, 3.63) is 279 Å². The van der Waals surface area contributed by atoms with Crippen molar-refractivity contribution in [2.75, 3.05) is 0 Å². The number of hydrogen-bond acceptors (Lipinski definition) is 2. The van der Waals surface area contributed by atoms with Gasteiger partial charge >= 0.3 is 0 Å². The number of rotatable bonds is 8. The van der Waals surface area contributed by atoms with E-state index in [0.29, 0.717) is 5.95 Å². The zero-order valence-corrected chi connectivity index (χ0v) is 42.7. The summed E-state index contributed by atoms with van der Waals surface area (Å²) in [6.07, 6.45) is 0. The summed E-state index contributed by atoms with van der Waals surface area (Å²) < 4.78 is 9.35. The average Bonchev–Trinajstić information content (AvgIpc) is 4.31. The molecule has 0 atom stereocenters. The van der Waals surface area contributed by atoms with Crippen LogP contribution in [0.15, 0.2) is 279 Å². The van der Waals surface area contributed by atoms with Crippen LogP contribution in [-0.2, 0) is 0 Å². The second-order valence-electron chi connectivity index (χ2n) is 20.1. The first-order chi connectivity index (χ1) is 38.2. The lowest BCUT2D eigenvalue weighted by Crippen LogP contribution is -2.74. The SMILES string of the molecule is c1ccc([Si](c2ccccc2)(c2ccccc2)c2ccc3c(c2)c2ccccc2n3-c2cc(-n3c4ccccc4c4ccccc43)nc(-n3c4ccccc4c4cc(-n5c6ccccc6c6ccccc65)ccc43)n2)cc1. The largest absolute Gasteiger partial charge is 0.309 e. The van der Waals surface area contributed by atoms with Gasteiger partial charge in [0.1, 0.15) is 11.6 Å². The summed E-state index contributed by atoms with van der Waals surface area (Å²) >= 11 is 0. The molecule has 0 fully saturated rings. The number of fused-ring (bicyclic) bond motifs is 12. The van der Waals surface area contributed by atoms with Gasteiger partial charge in [0.15, 0.2) is 8.07 Å². The highest BCUT2D eigenvalue weighted by Gasteiger charge is 2.41. The Morgan fingerprint density at radius 3 is 0.961 bits per heavy atom. The fraction of sp³-hybridized carbons (Fsp3) is 0. The summed E-state index contributed by atoms with van der Waals surface area (Å²) in [5, 5.41) is 14.7. The van der Waals surface area contributed by atoms with E-state index in [9.17, 15) is 0 Å². The molecule has 6 nitrogen and oxygen atoms in total. The van der Waals surface area contributed by atoms with Crippen molar-refractivity contribution in [3.8, 4) is 23.3 Å². The molecule has 0 N–H and O–H groups in total. The van der Waals surface area contributed by atoms with Crippen LogP contribution in [0.2, 0.25) is 0 Å². The van der Waals surface area contributed by atoms with Gasteiger partial charge in [0.25, 0.3) is 0 Å². The Balaban J connectivity index is 0.981. The zero-order valence-electron chi connectivity index (χ0n) is 41.7. The molecule has 77 heavy (non-hydrogen) atoms. The molecule has 0 saturated heterocycles. The van der Waals surface area contributed by atoms with Gasteiger partial charge in [-0.25, -0.2) is 0 Å². The molecule has 0 radical (unpaired) electrons. The minimum atomic E-state index is -2.86. The average molecular weight is 999 g/mol. The molecule has 0 aliphatic carbocycles. The van der Waals surface area contributed by atoms with E-state index in [1.165, 1.54) is 58.7 Å². The quantitative estimate of drug-likeness (QED) is 0.112. The number of benzene rings is 11. The Labute approximate surface area is 444 Å². The maximum atomic E-state index is 5.76. The summed E-state index contributed by atoms with van der Waals surface area (Å²) in [7, 11) is -2.86. The summed E-state index contributed by atoms with van der Waals surface area (Å²) in [5.41, 5.74) is 9.81. The second-order valence-corrected chi connectivity index (χ2v) is 23.9. The van der Waals surface area contributed by atoms with Crippen molar-refractivity contribution in [3.63, 3.8) is 0 Å². The van der Waals surface area contributed by atoms with Crippen molar-refractivity contribution in [1.82, 2.24) is 28.2 Å². The van der Waals surface area contributed by atoms with Gasteiger partial charge < -0.3 is 4.57 Å². The van der Waals surface area contributed by atoms with Crippen LogP contribution < -0.4 is 20.7 Å². The fourth-order valence-corrected chi connectivity index (χ4v) is 17.7. The monoisotopic (exact) mass is 998 g/mol. The highest BCUT2D eigenvalue weighted by atomic mass is 28.3. The van der Waals surface area contributed by atoms with Crippen molar-refractivity contribution in [2.24, 2.45) is 0 Å². The van der Waals surface area contributed by atoms with E-state index in [-0.39, 0.29) is 0 Å². The van der Waals surface area contributed by atoms with Crippen LogP contribution in [0, 0.1) is 0 Å². The van der Waals surface area contributed by atoms with Crippen LogP contribution in [-0.4, -0.2) is 36.3 Å². The topological polar surface area (TPSA) is 45.5 Å². The maximum Gasteiger partial charge on any atom is 0.238 e. The molecule has 7 heteroatoms. The van der Waals surface area contributed by atoms with Gasteiger partial charge in [0, 0.05) is 54.8 Å². The molecule has 360 valence electrons. The normalized spacial score (nSPS) is 12.2. The molecule has 16 rings (SSSR count). The number of aromatic nitrogens is 6. The fourth-order valence-electron chi connectivity index (χ4n) is 12.9. The minimum Gasteiger partial charge on any atom is -0.309 e. The first-order valence-corrected chi connectivity index (χ1v) is 28.3. The second kappa shape index (κ2) is 17.0. The van der Waals surface area contributed by atoms with Crippen molar-refractivity contribution in [2.45, 2.75) is 0 Å². The van der Waals surface area contributed by atoms with Crippen molar-refractivity contribution < 1.29 is 0 Å². The lowest BCUT2D eigenvalue weighted by Gasteiger charge is -2.34. The standard InChI is InChI=1S/C70H46N6Si/c1-4-22-48(23-5-1)77(49-24-6-2-7-25-49,50-26-8-3-9-27-50)51-41-43-66-59(45-51)57-33-14-20-38-64(57)75(66)69-46-68(74-62-36-18-12-30-54(62)55-31-13-19-37-63(55)74)71-70(72-69)76-65-39-21-15-32-56(65)58-44-47(40-42-67(58)76)73-60-34-16-10-28-52(60)53-29-11-17-35-61(53)73/h1-46H. The van der Waals surface area contributed by atoms with Gasteiger partial charge in [0.05, 0.1) is 44.1 Å². The van der Waals surface area contributed by atoms with E-state index in [0.717, 1.165) is 66.6 Å². The first-order valence-electron chi connectivity index (χ1n) is 26.3. The smallest absolute Gasteiger partial charge is 0.238 e. The van der Waals surface area contributed by atoms with Gasteiger partial charge in [-0.2, -0.15) is 9.97 Å². The molecular weight excluding hydrogens is 953 g/mol. The lowest BCUT2D eigenvalue weighted by molar-refractivity contribution is 0.918. The molecule has 5 heterocycles. The van der Waals surface area contributed by atoms with E-state index in [2.05, 4.69) is 297 Å². The van der Waals surface area contributed by atoms with Crippen molar-refractivity contribution in [1.29, 1.82) is 0 Å². The Morgan fingerprint density at radius 1 is 0.221 bits per heavy atom. The molecule has 11 aromatic carbocycles. The first kappa shape index (κ1) is 43.3. The van der Waals surface area contributed by atoms with Gasteiger partial charge in [-0.15, -0.1) is 0 Å². The van der Waals surface area contributed by atoms with Crippen LogP contribution in [0.4, 0.5) is 0 Å². The molecule has 0 unspecified atom stereocenters. The number of hydrogen-bond donors (Lipinski definition) is 0. The molecular formula is C70H46N6Si. The Morgan fingerprint density at radius 2 is 0.532 bits per heavy atom. The van der Waals surface area contributed by atoms with Gasteiger partial charge in [0.2, 0.25) is 5.95 Å². The third kappa shape index (κ3) is 6.35. The third-order valence-corrected chi connectivity index (χ3v) is 20.9. The van der Waals surface area contributed by atoms with Gasteiger partial charge in [-0.05, 0) is 81.4 Å². The summed E-state index contributed by atoms with van der Waals surface area (Å²) in [6.45, 7) is 0. The maximum absolute atomic E-state index is 5.76. The molecule has 0 saturated carbocycles. The molecule has 5 aromatic heterocycles. The van der Waals surface area contributed by atoms with E-state index in [1.807, 2.05) is 0 Å². The molecule has 0 spiro atoms. The summed E-state index contributed by atoms with van der Waals surface area (Å²) in [5.74, 6) is 2.14. The highest BCUT2D eigenvalue weighted by Crippen LogP contribution is 2.39. The molecule has 0 amide bonds. The lowest BCUT2D eigenvalue weighted by atomic mass is 10.1. The van der Waals surface area contributed by atoms with Crippen LogP contribution in [0.3, 0.4) is 0 Å². The predicted molar refractivity (Wildman–Crippen MR) is 323 cm³/mol. The van der Waals surface area contributed by atoms with E-state index < -0.39 is 8.07 Å². The zero-order chi connectivity index (χ0) is 50.6. The molecule has 16 aromatic rings. The van der Waals surface area contributed by atoms with Crippen LogP contribution >= 0.6 is 0 Å². The Hall–Kier alpha value is -10.1.